The molecule has 1 amide bonds. The van der Waals surface area contributed by atoms with Gasteiger partial charge in [0.2, 0.25) is 0 Å². The second-order valence-corrected chi connectivity index (χ2v) is 6.31. The van der Waals surface area contributed by atoms with Gasteiger partial charge >= 0.3 is 0 Å². The van der Waals surface area contributed by atoms with E-state index < -0.39 is 11.7 Å². The second kappa shape index (κ2) is 6.04. The number of ketones is 1. The molecule has 1 aromatic carbocycles. The monoisotopic (exact) mass is 344 g/mol. The van der Waals surface area contributed by atoms with E-state index >= 15 is 0 Å². The Kier molecular flexibility index (Phi) is 4.06. The van der Waals surface area contributed by atoms with E-state index in [0.29, 0.717) is 33.3 Å². The molecule has 24 heavy (non-hydrogen) atoms. The standard InChI is InChI=1S/C16H16N4O3S/c1-8-12(9(2)20(3)19-8)14(21)15(22)18-16-17-13-10(23-4)6-5-7-11(13)24-16/h5-7H,1-4H3,(H,17,18,22). The minimum Gasteiger partial charge on any atom is -0.494 e. The Balaban J connectivity index is 1.88. The third-order valence-electron chi connectivity index (χ3n) is 3.76. The number of hydrogen-bond acceptors (Lipinski definition) is 6. The number of fused-ring (bicyclic) bond motifs is 1. The van der Waals surface area contributed by atoms with Crippen molar-refractivity contribution in [3.05, 3.63) is 35.2 Å². The van der Waals surface area contributed by atoms with Crippen molar-refractivity contribution in [3.63, 3.8) is 0 Å². The highest BCUT2D eigenvalue weighted by Gasteiger charge is 2.24. The van der Waals surface area contributed by atoms with Gasteiger partial charge in [-0.1, -0.05) is 17.4 Å². The fraction of sp³-hybridized carbons (Fsp3) is 0.250. The molecule has 8 heteroatoms. The van der Waals surface area contributed by atoms with E-state index in [2.05, 4.69) is 15.4 Å². The number of nitrogens with zero attached hydrogens (tertiary/aromatic N) is 3. The molecule has 0 aliphatic heterocycles. The van der Waals surface area contributed by atoms with Gasteiger partial charge in [0.15, 0.2) is 5.13 Å². The molecule has 0 aliphatic rings. The molecule has 3 rings (SSSR count). The number of benzene rings is 1. The SMILES string of the molecule is COc1cccc2sc(NC(=O)C(=O)c3c(C)nn(C)c3C)nc12. The normalized spacial score (nSPS) is 10.8. The van der Waals surface area contributed by atoms with Gasteiger partial charge in [0.05, 0.1) is 23.1 Å². The first-order valence-electron chi connectivity index (χ1n) is 7.21. The lowest BCUT2D eigenvalue weighted by molar-refractivity contribution is -0.112. The van der Waals surface area contributed by atoms with Gasteiger partial charge < -0.3 is 4.74 Å². The number of para-hydroxylation sites is 1. The Hall–Kier alpha value is -2.74. The number of hydrogen-bond donors (Lipinski definition) is 1. The van der Waals surface area contributed by atoms with Crippen LogP contribution in [0.2, 0.25) is 0 Å². The molecule has 1 N–H and O–H groups in total. The highest BCUT2D eigenvalue weighted by Crippen LogP contribution is 2.32. The van der Waals surface area contributed by atoms with Crippen LogP contribution in [-0.4, -0.2) is 33.6 Å². The zero-order valence-corrected chi connectivity index (χ0v) is 14.5. The largest absolute Gasteiger partial charge is 0.494 e. The summed E-state index contributed by atoms with van der Waals surface area (Å²) in [6.07, 6.45) is 0. The van der Waals surface area contributed by atoms with Crippen molar-refractivity contribution in [1.82, 2.24) is 14.8 Å². The maximum Gasteiger partial charge on any atom is 0.298 e. The topological polar surface area (TPSA) is 86.1 Å². The van der Waals surface area contributed by atoms with Gasteiger partial charge in [-0.2, -0.15) is 5.10 Å². The molecule has 0 saturated carbocycles. The molecule has 0 bridgehead atoms. The number of methoxy groups -OCH3 is 1. The number of carbonyl (C=O) groups excluding carboxylic acids is 2. The first-order chi connectivity index (χ1) is 11.4. The number of anilines is 1. The number of aryl methyl sites for hydroxylation is 2. The van der Waals surface area contributed by atoms with Crippen molar-refractivity contribution in [2.45, 2.75) is 13.8 Å². The fourth-order valence-electron chi connectivity index (χ4n) is 2.51. The predicted octanol–water partition coefficient (Wildman–Crippen LogP) is 2.48. The van der Waals surface area contributed by atoms with Gasteiger partial charge in [0.25, 0.3) is 11.7 Å². The third kappa shape index (κ3) is 2.65. The molecule has 0 atom stereocenters. The van der Waals surface area contributed by atoms with E-state index in [9.17, 15) is 9.59 Å². The van der Waals surface area contributed by atoms with Crippen molar-refractivity contribution < 1.29 is 14.3 Å². The Morgan fingerprint density at radius 1 is 1.29 bits per heavy atom. The third-order valence-corrected chi connectivity index (χ3v) is 4.70. The van der Waals surface area contributed by atoms with E-state index in [0.717, 1.165) is 4.70 Å². The molecule has 2 heterocycles. The average Bonchev–Trinajstić information content (AvgIpc) is 3.06. The van der Waals surface area contributed by atoms with Gasteiger partial charge in [0.1, 0.15) is 11.3 Å². The van der Waals surface area contributed by atoms with Crippen LogP contribution >= 0.6 is 11.3 Å². The predicted molar refractivity (Wildman–Crippen MR) is 91.8 cm³/mol. The smallest absolute Gasteiger partial charge is 0.298 e. The number of rotatable bonds is 4. The molecular weight excluding hydrogens is 328 g/mol. The maximum atomic E-state index is 12.4. The quantitative estimate of drug-likeness (QED) is 0.580. The van der Waals surface area contributed by atoms with Crippen molar-refractivity contribution in [1.29, 1.82) is 0 Å². The Bertz CT molecular complexity index is 958. The van der Waals surface area contributed by atoms with Crippen LogP contribution < -0.4 is 10.1 Å². The molecule has 7 nitrogen and oxygen atoms in total. The van der Waals surface area contributed by atoms with E-state index in [1.54, 1.807) is 38.8 Å². The molecule has 3 aromatic rings. The number of carbonyl (C=O) groups is 2. The lowest BCUT2D eigenvalue weighted by atomic mass is 10.1. The summed E-state index contributed by atoms with van der Waals surface area (Å²) in [5, 5.41) is 7.09. The van der Waals surface area contributed by atoms with Crippen LogP contribution in [0.25, 0.3) is 10.2 Å². The highest BCUT2D eigenvalue weighted by molar-refractivity contribution is 7.22. The van der Waals surface area contributed by atoms with Crippen LogP contribution in [0.3, 0.4) is 0 Å². The van der Waals surface area contributed by atoms with Gasteiger partial charge in [-0.3, -0.25) is 19.6 Å². The number of Topliss-reactive ketones (excluding diaryl/α,β-unsaturated/α-hetero) is 1. The van der Waals surface area contributed by atoms with Gasteiger partial charge in [-0.25, -0.2) is 4.98 Å². The number of nitrogens with one attached hydrogen (secondary N) is 1. The molecule has 0 radical (unpaired) electrons. The van der Waals surface area contributed by atoms with E-state index in [-0.39, 0.29) is 0 Å². The lowest BCUT2D eigenvalue weighted by Gasteiger charge is -2.01. The number of amides is 1. The minimum atomic E-state index is -0.729. The zero-order valence-electron chi connectivity index (χ0n) is 13.7. The van der Waals surface area contributed by atoms with E-state index in [1.807, 2.05) is 12.1 Å². The zero-order chi connectivity index (χ0) is 17.4. The summed E-state index contributed by atoms with van der Waals surface area (Å²) >= 11 is 1.29. The molecule has 2 aromatic heterocycles. The average molecular weight is 344 g/mol. The van der Waals surface area contributed by atoms with Gasteiger partial charge in [0, 0.05) is 12.7 Å². The number of ether oxygens (including phenoxy) is 1. The summed E-state index contributed by atoms with van der Waals surface area (Å²) in [5.74, 6) is -0.730. The summed E-state index contributed by atoms with van der Waals surface area (Å²) < 4.78 is 7.70. The molecule has 0 fully saturated rings. The second-order valence-electron chi connectivity index (χ2n) is 5.28. The first kappa shape index (κ1) is 16.1. The first-order valence-corrected chi connectivity index (χ1v) is 8.03. The Morgan fingerprint density at radius 3 is 2.67 bits per heavy atom. The summed E-state index contributed by atoms with van der Waals surface area (Å²) in [6.45, 7) is 3.46. The number of aromatic nitrogens is 3. The molecular formula is C16H16N4O3S. The van der Waals surface area contributed by atoms with Gasteiger partial charge in [-0.15, -0.1) is 0 Å². The molecule has 124 valence electrons. The molecule has 0 aliphatic carbocycles. The van der Waals surface area contributed by atoms with Gasteiger partial charge in [-0.05, 0) is 26.0 Å². The van der Waals surface area contributed by atoms with Crippen molar-refractivity contribution >= 4 is 38.4 Å². The van der Waals surface area contributed by atoms with Crippen molar-refractivity contribution in [3.8, 4) is 5.75 Å². The van der Waals surface area contributed by atoms with Crippen LogP contribution in [0.5, 0.6) is 5.75 Å². The van der Waals surface area contributed by atoms with Crippen molar-refractivity contribution in [2.24, 2.45) is 7.05 Å². The van der Waals surface area contributed by atoms with E-state index in [4.69, 9.17) is 4.74 Å². The summed E-state index contributed by atoms with van der Waals surface area (Å²) in [7, 11) is 3.29. The molecule has 0 saturated heterocycles. The fourth-order valence-corrected chi connectivity index (χ4v) is 3.39. The maximum absolute atomic E-state index is 12.4. The lowest BCUT2D eigenvalue weighted by Crippen LogP contribution is -2.23. The molecule has 0 spiro atoms. The van der Waals surface area contributed by atoms with Crippen LogP contribution in [0.15, 0.2) is 18.2 Å². The van der Waals surface area contributed by atoms with E-state index in [1.165, 1.54) is 11.3 Å². The Labute approximate surface area is 142 Å². The van der Waals surface area contributed by atoms with Crippen molar-refractivity contribution in [2.75, 3.05) is 12.4 Å². The Morgan fingerprint density at radius 2 is 2.04 bits per heavy atom. The minimum absolute atomic E-state index is 0.327. The van der Waals surface area contributed by atoms with Crippen LogP contribution in [0, 0.1) is 13.8 Å². The molecule has 0 unspecified atom stereocenters. The van der Waals surface area contributed by atoms with Crippen LogP contribution in [-0.2, 0) is 11.8 Å². The van der Waals surface area contributed by atoms with Crippen LogP contribution in [0.4, 0.5) is 5.13 Å². The van der Waals surface area contributed by atoms with Crippen LogP contribution in [0.1, 0.15) is 21.7 Å². The number of thiazole rings is 1. The summed E-state index contributed by atoms with van der Waals surface area (Å²) in [6, 6.07) is 5.52. The summed E-state index contributed by atoms with van der Waals surface area (Å²) in [4.78, 5) is 29.1. The highest BCUT2D eigenvalue weighted by atomic mass is 32.1. The summed E-state index contributed by atoms with van der Waals surface area (Å²) in [5.41, 5.74) is 2.16.